The molecule has 0 atom stereocenters. The SMILES string of the molecule is Cc1cccc(-c2noc(CCNC(C)C)n2)n1. The molecule has 0 fully saturated rings. The van der Waals surface area contributed by atoms with Crippen LogP contribution in [-0.4, -0.2) is 27.7 Å². The fourth-order valence-electron chi connectivity index (χ4n) is 1.60. The molecule has 0 aliphatic heterocycles. The number of aromatic nitrogens is 3. The van der Waals surface area contributed by atoms with Crippen LogP contribution in [-0.2, 0) is 6.42 Å². The average molecular weight is 246 g/mol. The lowest BCUT2D eigenvalue weighted by Gasteiger charge is -2.04. The van der Waals surface area contributed by atoms with Gasteiger partial charge < -0.3 is 9.84 Å². The summed E-state index contributed by atoms with van der Waals surface area (Å²) in [5, 5.41) is 7.26. The van der Waals surface area contributed by atoms with Crippen molar-refractivity contribution in [2.24, 2.45) is 0 Å². The number of hydrogen-bond donors (Lipinski definition) is 1. The highest BCUT2D eigenvalue weighted by Crippen LogP contribution is 2.13. The molecular formula is C13H18N4O. The quantitative estimate of drug-likeness (QED) is 0.874. The molecular weight excluding hydrogens is 228 g/mol. The maximum absolute atomic E-state index is 5.20. The molecule has 2 rings (SSSR count). The Morgan fingerprint density at radius 2 is 2.11 bits per heavy atom. The first kappa shape index (κ1) is 12.7. The molecule has 96 valence electrons. The number of rotatable bonds is 5. The molecule has 0 aliphatic rings. The van der Waals surface area contributed by atoms with Crippen molar-refractivity contribution in [1.29, 1.82) is 0 Å². The molecule has 18 heavy (non-hydrogen) atoms. The van der Waals surface area contributed by atoms with Gasteiger partial charge in [-0.15, -0.1) is 0 Å². The van der Waals surface area contributed by atoms with Crippen molar-refractivity contribution in [2.75, 3.05) is 6.54 Å². The number of hydrogen-bond acceptors (Lipinski definition) is 5. The van der Waals surface area contributed by atoms with Gasteiger partial charge in [0.2, 0.25) is 11.7 Å². The zero-order chi connectivity index (χ0) is 13.0. The topological polar surface area (TPSA) is 63.8 Å². The molecule has 0 aromatic carbocycles. The molecule has 0 saturated carbocycles. The summed E-state index contributed by atoms with van der Waals surface area (Å²) in [6, 6.07) is 6.23. The van der Waals surface area contributed by atoms with Gasteiger partial charge in [0, 0.05) is 24.7 Å². The molecule has 0 bridgehead atoms. The van der Waals surface area contributed by atoms with Crippen molar-refractivity contribution in [3.63, 3.8) is 0 Å². The minimum atomic E-state index is 0.464. The van der Waals surface area contributed by atoms with E-state index in [4.69, 9.17) is 4.52 Å². The largest absolute Gasteiger partial charge is 0.339 e. The second kappa shape index (κ2) is 5.73. The van der Waals surface area contributed by atoms with E-state index in [1.54, 1.807) is 0 Å². The fourth-order valence-corrected chi connectivity index (χ4v) is 1.60. The van der Waals surface area contributed by atoms with E-state index >= 15 is 0 Å². The Balaban J connectivity index is 2.02. The van der Waals surface area contributed by atoms with Gasteiger partial charge in [0.15, 0.2) is 0 Å². The van der Waals surface area contributed by atoms with E-state index in [0.717, 1.165) is 24.4 Å². The van der Waals surface area contributed by atoms with Crippen LogP contribution >= 0.6 is 0 Å². The summed E-state index contributed by atoms with van der Waals surface area (Å²) in [6.07, 6.45) is 0.733. The summed E-state index contributed by atoms with van der Waals surface area (Å²) in [5.41, 5.74) is 1.70. The first-order chi connectivity index (χ1) is 8.65. The van der Waals surface area contributed by atoms with Gasteiger partial charge in [-0.3, -0.25) is 0 Å². The third-order valence-corrected chi connectivity index (χ3v) is 2.48. The van der Waals surface area contributed by atoms with Gasteiger partial charge in [0.05, 0.1) is 0 Å². The Morgan fingerprint density at radius 1 is 1.28 bits per heavy atom. The predicted octanol–water partition coefficient (Wildman–Crippen LogP) is 1.98. The molecule has 0 amide bonds. The summed E-state index contributed by atoms with van der Waals surface area (Å²) in [6.45, 7) is 6.99. The normalized spacial score (nSPS) is 11.1. The lowest BCUT2D eigenvalue weighted by atomic mass is 10.3. The highest BCUT2D eigenvalue weighted by atomic mass is 16.5. The third-order valence-electron chi connectivity index (χ3n) is 2.48. The molecule has 0 unspecified atom stereocenters. The van der Waals surface area contributed by atoms with Crippen LogP contribution in [0.25, 0.3) is 11.5 Å². The van der Waals surface area contributed by atoms with E-state index in [9.17, 15) is 0 Å². The van der Waals surface area contributed by atoms with E-state index in [1.165, 1.54) is 0 Å². The van der Waals surface area contributed by atoms with Gasteiger partial charge in [-0.25, -0.2) is 4.98 Å². The molecule has 2 heterocycles. The average Bonchev–Trinajstić information content (AvgIpc) is 2.77. The Morgan fingerprint density at radius 3 is 2.83 bits per heavy atom. The summed E-state index contributed by atoms with van der Waals surface area (Å²) in [5.74, 6) is 1.19. The fraction of sp³-hybridized carbons (Fsp3) is 0.462. The van der Waals surface area contributed by atoms with Crippen molar-refractivity contribution in [1.82, 2.24) is 20.4 Å². The van der Waals surface area contributed by atoms with Gasteiger partial charge in [0.1, 0.15) is 5.69 Å². The van der Waals surface area contributed by atoms with Crippen LogP contribution in [0.3, 0.4) is 0 Å². The van der Waals surface area contributed by atoms with Gasteiger partial charge in [-0.1, -0.05) is 25.1 Å². The van der Waals surface area contributed by atoms with Crippen LogP contribution in [0.15, 0.2) is 22.7 Å². The van der Waals surface area contributed by atoms with E-state index in [-0.39, 0.29) is 0 Å². The summed E-state index contributed by atoms with van der Waals surface area (Å²) in [7, 11) is 0. The standard InChI is InChI=1S/C13H18N4O/c1-9(2)14-8-7-12-16-13(17-18-12)11-6-4-5-10(3)15-11/h4-6,9,14H,7-8H2,1-3H3. The first-order valence-corrected chi connectivity index (χ1v) is 6.15. The number of nitrogens with zero attached hydrogens (tertiary/aromatic N) is 3. The van der Waals surface area contributed by atoms with Crippen molar-refractivity contribution >= 4 is 0 Å². The minimum Gasteiger partial charge on any atom is -0.339 e. The molecule has 5 nitrogen and oxygen atoms in total. The molecule has 5 heteroatoms. The lowest BCUT2D eigenvalue weighted by molar-refractivity contribution is 0.374. The van der Waals surface area contributed by atoms with Crippen molar-refractivity contribution in [3.05, 3.63) is 29.8 Å². The van der Waals surface area contributed by atoms with Crippen LogP contribution in [0.1, 0.15) is 25.4 Å². The number of nitrogens with one attached hydrogen (secondary N) is 1. The van der Waals surface area contributed by atoms with Gasteiger partial charge >= 0.3 is 0 Å². The molecule has 0 aliphatic carbocycles. The smallest absolute Gasteiger partial charge is 0.228 e. The number of pyridine rings is 1. The second-order valence-electron chi connectivity index (χ2n) is 4.53. The van der Waals surface area contributed by atoms with Gasteiger partial charge in [0.25, 0.3) is 0 Å². The highest BCUT2D eigenvalue weighted by molar-refractivity contribution is 5.47. The van der Waals surface area contributed by atoms with Crippen LogP contribution in [0, 0.1) is 6.92 Å². The van der Waals surface area contributed by atoms with Crippen LogP contribution in [0.4, 0.5) is 0 Å². The molecule has 1 N–H and O–H groups in total. The van der Waals surface area contributed by atoms with Gasteiger partial charge in [-0.2, -0.15) is 4.98 Å². The van der Waals surface area contributed by atoms with Crippen molar-refractivity contribution in [3.8, 4) is 11.5 Å². The predicted molar refractivity (Wildman–Crippen MR) is 69.1 cm³/mol. The summed E-state index contributed by atoms with van der Waals surface area (Å²) >= 11 is 0. The van der Waals surface area contributed by atoms with Crippen molar-refractivity contribution < 1.29 is 4.52 Å². The molecule has 2 aromatic rings. The van der Waals surface area contributed by atoms with E-state index < -0.39 is 0 Å². The van der Waals surface area contributed by atoms with E-state index in [1.807, 2.05) is 25.1 Å². The maximum Gasteiger partial charge on any atom is 0.228 e. The molecule has 0 spiro atoms. The minimum absolute atomic E-state index is 0.464. The van der Waals surface area contributed by atoms with Crippen LogP contribution in [0.5, 0.6) is 0 Å². The zero-order valence-corrected chi connectivity index (χ0v) is 11.0. The third kappa shape index (κ3) is 3.37. The van der Waals surface area contributed by atoms with E-state index in [2.05, 4.69) is 34.3 Å². The monoisotopic (exact) mass is 246 g/mol. The zero-order valence-electron chi connectivity index (χ0n) is 11.0. The number of aryl methyl sites for hydroxylation is 1. The van der Waals surface area contributed by atoms with Crippen LogP contribution in [0.2, 0.25) is 0 Å². The maximum atomic E-state index is 5.20. The van der Waals surface area contributed by atoms with Crippen LogP contribution < -0.4 is 5.32 Å². The Hall–Kier alpha value is -1.75. The Bertz CT molecular complexity index is 507. The molecule has 0 radical (unpaired) electrons. The summed E-state index contributed by atoms with van der Waals surface area (Å²) < 4.78 is 5.20. The lowest BCUT2D eigenvalue weighted by Crippen LogP contribution is -2.25. The van der Waals surface area contributed by atoms with E-state index in [0.29, 0.717) is 17.8 Å². The second-order valence-corrected chi connectivity index (χ2v) is 4.53. The summed E-state index contributed by atoms with van der Waals surface area (Å²) in [4.78, 5) is 8.70. The molecule has 0 saturated heterocycles. The molecule has 2 aromatic heterocycles. The Kier molecular flexibility index (Phi) is 4.04. The first-order valence-electron chi connectivity index (χ1n) is 6.15. The Labute approximate surface area is 107 Å². The van der Waals surface area contributed by atoms with Gasteiger partial charge in [-0.05, 0) is 19.1 Å². The van der Waals surface area contributed by atoms with Crippen molar-refractivity contribution in [2.45, 2.75) is 33.2 Å². The highest BCUT2D eigenvalue weighted by Gasteiger charge is 2.09.